The van der Waals surface area contributed by atoms with Crippen LogP contribution in [-0.4, -0.2) is 36.9 Å². The zero-order valence-electron chi connectivity index (χ0n) is 10.6. The van der Waals surface area contributed by atoms with Crippen molar-refractivity contribution in [2.45, 2.75) is 32.1 Å². The molecule has 18 heavy (non-hydrogen) atoms. The van der Waals surface area contributed by atoms with Crippen LogP contribution in [-0.2, 0) is 16.0 Å². The standard InChI is InChI=1S/C14H19NO3/c1-2-3-11-4-6-12(7-5-11)15-8-13(9-16)18-14(15)10-17/h4-7,10,13-14,16H,2-3,8-9H2,1H3/t13-,14?/m0/s1. The zero-order chi connectivity index (χ0) is 13.0. The van der Waals surface area contributed by atoms with Gasteiger partial charge in [0.05, 0.1) is 6.61 Å². The molecule has 0 saturated carbocycles. The summed E-state index contributed by atoms with van der Waals surface area (Å²) in [4.78, 5) is 12.9. The summed E-state index contributed by atoms with van der Waals surface area (Å²) in [5.41, 5.74) is 2.26. The molecule has 98 valence electrons. The van der Waals surface area contributed by atoms with E-state index in [0.717, 1.165) is 24.8 Å². The highest BCUT2D eigenvalue weighted by Gasteiger charge is 2.32. The fraction of sp³-hybridized carbons (Fsp3) is 0.500. The molecule has 1 N–H and O–H groups in total. The van der Waals surface area contributed by atoms with Crippen molar-refractivity contribution < 1.29 is 14.6 Å². The normalized spacial score (nSPS) is 23.3. The number of aliphatic hydroxyl groups is 1. The van der Waals surface area contributed by atoms with Gasteiger partial charge in [0.15, 0.2) is 12.5 Å². The lowest BCUT2D eigenvalue weighted by Gasteiger charge is -2.21. The van der Waals surface area contributed by atoms with Crippen LogP contribution in [0.2, 0.25) is 0 Å². The molecule has 1 heterocycles. The first kappa shape index (κ1) is 13.1. The van der Waals surface area contributed by atoms with Gasteiger partial charge in [-0.25, -0.2) is 0 Å². The average molecular weight is 249 g/mol. The molecule has 1 aliphatic rings. The lowest BCUT2D eigenvalue weighted by atomic mass is 10.1. The van der Waals surface area contributed by atoms with Crippen LogP contribution in [0, 0.1) is 0 Å². The van der Waals surface area contributed by atoms with E-state index in [-0.39, 0.29) is 12.7 Å². The van der Waals surface area contributed by atoms with Crippen molar-refractivity contribution in [2.75, 3.05) is 18.1 Å². The van der Waals surface area contributed by atoms with Crippen molar-refractivity contribution in [1.29, 1.82) is 0 Å². The van der Waals surface area contributed by atoms with Gasteiger partial charge in [-0.2, -0.15) is 0 Å². The van der Waals surface area contributed by atoms with Crippen molar-refractivity contribution >= 4 is 12.0 Å². The highest BCUT2D eigenvalue weighted by Crippen LogP contribution is 2.24. The number of ether oxygens (including phenoxy) is 1. The molecular formula is C14H19NO3. The van der Waals surface area contributed by atoms with Gasteiger partial charge in [0.2, 0.25) is 0 Å². The molecule has 0 amide bonds. The molecule has 0 bridgehead atoms. The Hall–Kier alpha value is -1.39. The summed E-state index contributed by atoms with van der Waals surface area (Å²) in [7, 11) is 0. The Bertz CT molecular complexity index is 391. The van der Waals surface area contributed by atoms with Gasteiger partial charge in [-0.1, -0.05) is 25.5 Å². The third-order valence-corrected chi connectivity index (χ3v) is 3.17. The topological polar surface area (TPSA) is 49.8 Å². The fourth-order valence-electron chi connectivity index (χ4n) is 2.24. The van der Waals surface area contributed by atoms with E-state index < -0.39 is 6.23 Å². The van der Waals surface area contributed by atoms with Gasteiger partial charge in [-0.15, -0.1) is 0 Å². The van der Waals surface area contributed by atoms with Crippen LogP contribution in [0.5, 0.6) is 0 Å². The fourth-order valence-corrected chi connectivity index (χ4v) is 2.24. The number of rotatable bonds is 5. The highest BCUT2D eigenvalue weighted by atomic mass is 16.5. The Morgan fingerprint density at radius 1 is 1.44 bits per heavy atom. The molecule has 0 aromatic heterocycles. The number of anilines is 1. The molecule has 1 aliphatic heterocycles. The molecule has 1 unspecified atom stereocenters. The molecule has 0 spiro atoms. The smallest absolute Gasteiger partial charge is 0.187 e. The minimum atomic E-state index is -0.584. The molecule has 1 aromatic carbocycles. The van der Waals surface area contributed by atoms with Gasteiger partial charge in [-0.05, 0) is 24.1 Å². The van der Waals surface area contributed by atoms with Gasteiger partial charge in [0.1, 0.15) is 6.10 Å². The Morgan fingerprint density at radius 3 is 2.72 bits per heavy atom. The number of aryl methyl sites for hydroxylation is 1. The molecule has 0 aliphatic carbocycles. The molecule has 4 heteroatoms. The minimum absolute atomic E-state index is 0.0608. The first-order valence-corrected chi connectivity index (χ1v) is 6.35. The van der Waals surface area contributed by atoms with Crippen LogP contribution in [0.4, 0.5) is 5.69 Å². The van der Waals surface area contributed by atoms with E-state index in [1.54, 1.807) is 0 Å². The molecule has 1 saturated heterocycles. The second kappa shape index (κ2) is 5.98. The quantitative estimate of drug-likeness (QED) is 0.801. The summed E-state index contributed by atoms with van der Waals surface area (Å²) < 4.78 is 5.41. The van der Waals surface area contributed by atoms with E-state index in [9.17, 15) is 4.79 Å². The Labute approximate surface area is 107 Å². The van der Waals surface area contributed by atoms with E-state index in [1.807, 2.05) is 17.0 Å². The maximum absolute atomic E-state index is 11.0. The zero-order valence-corrected chi connectivity index (χ0v) is 10.6. The SMILES string of the molecule is CCCc1ccc(N2C[C@@H](CO)OC2C=O)cc1. The Balaban J connectivity index is 2.12. The number of aldehydes is 1. The van der Waals surface area contributed by atoms with Crippen LogP contribution >= 0.6 is 0 Å². The summed E-state index contributed by atoms with van der Waals surface area (Å²) in [6.45, 7) is 2.64. The summed E-state index contributed by atoms with van der Waals surface area (Å²) >= 11 is 0. The number of benzene rings is 1. The second-order valence-corrected chi connectivity index (χ2v) is 4.54. The minimum Gasteiger partial charge on any atom is -0.394 e. The maximum atomic E-state index is 11.0. The lowest BCUT2D eigenvalue weighted by Crippen LogP contribution is -2.31. The van der Waals surface area contributed by atoms with E-state index in [2.05, 4.69) is 19.1 Å². The maximum Gasteiger partial charge on any atom is 0.187 e. The molecule has 2 atom stereocenters. The number of carbonyl (C=O) groups is 1. The molecule has 2 rings (SSSR count). The van der Waals surface area contributed by atoms with E-state index >= 15 is 0 Å². The first-order valence-electron chi connectivity index (χ1n) is 6.35. The first-order chi connectivity index (χ1) is 8.78. The van der Waals surface area contributed by atoms with Crippen molar-refractivity contribution in [3.05, 3.63) is 29.8 Å². The third-order valence-electron chi connectivity index (χ3n) is 3.17. The van der Waals surface area contributed by atoms with Gasteiger partial charge in [-0.3, -0.25) is 4.79 Å². The van der Waals surface area contributed by atoms with Crippen LogP contribution < -0.4 is 4.90 Å². The molecule has 0 radical (unpaired) electrons. The lowest BCUT2D eigenvalue weighted by molar-refractivity contribution is -0.117. The van der Waals surface area contributed by atoms with Gasteiger partial charge in [0, 0.05) is 12.2 Å². The predicted octanol–water partition coefficient (Wildman–Crippen LogP) is 1.36. The largest absolute Gasteiger partial charge is 0.394 e. The summed E-state index contributed by atoms with van der Waals surface area (Å²) in [5.74, 6) is 0. The van der Waals surface area contributed by atoms with Crippen LogP contribution in [0.1, 0.15) is 18.9 Å². The number of nitrogens with zero attached hydrogens (tertiary/aromatic N) is 1. The van der Waals surface area contributed by atoms with Crippen LogP contribution in [0.3, 0.4) is 0 Å². The molecule has 4 nitrogen and oxygen atoms in total. The monoisotopic (exact) mass is 249 g/mol. The van der Waals surface area contributed by atoms with Crippen LogP contribution in [0.15, 0.2) is 24.3 Å². The molecule has 1 aromatic rings. The Kier molecular flexibility index (Phi) is 4.33. The van der Waals surface area contributed by atoms with Crippen molar-refractivity contribution in [3.63, 3.8) is 0 Å². The van der Waals surface area contributed by atoms with Crippen molar-refractivity contribution in [3.8, 4) is 0 Å². The van der Waals surface area contributed by atoms with Gasteiger partial charge in [0.25, 0.3) is 0 Å². The third kappa shape index (κ3) is 2.71. The number of hydrogen-bond acceptors (Lipinski definition) is 4. The van der Waals surface area contributed by atoms with Crippen molar-refractivity contribution in [1.82, 2.24) is 0 Å². The summed E-state index contributed by atoms with van der Waals surface area (Å²) in [5, 5.41) is 9.09. The van der Waals surface area contributed by atoms with Gasteiger partial charge < -0.3 is 14.7 Å². The van der Waals surface area contributed by atoms with E-state index in [0.29, 0.717) is 6.54 Å². The summed E-state index contributed by atoms with van der Waals surface area (Å²) in [6.07, 6.45) is 2.09. The number of hydrogen-bond donors (Lipinski definition) is 1. The predicted molar refractivity (Wildman–Crippen MR) is 69.6 cm³/mol. The van der Waals surface area contributed by atoms with Crippen LogP contribution in [0.25, 0.3) is 0 Å². The Morgan fingerprint density at radius 2 is 2.17 bits per heavy atom. The second-order valence-electron chi connectivity index (χ2n) is 4.54. The highest BCUT2D eigenvalue weighted by molar-refractivity contribution is 5.65. The number of aliphatic hydroxyl groups excluding tert-OH is 1. The van der Waals surface area contributed by atoms with E-state index in [4.69, 9.17) is 9.84 Å². The van der Waals surface area contributed by atoms with Crippen molar-refractivity contribution in [2.24, 2.45) is 0 Å². The molecular weight excluding hydrogens is 230 g/mol. The van der Waals surface area contributed by atoms with E-state index in [1.165, 1.54) is 5.56 Å². The molecule has 1 fully saturated rings. The summed E-state index contributed by atoms with van der Waals surface area (Å²) in [6, 6.07) is 8.16. The average Bonchev–Trinajstić information content (AvgIpc) is 2.83. The number of carbonyl (C=O) groups excluding carboxylic acids is 1. The van der Waals surface area contributed by atoms with Gasteiger partial charge >= 0.3 is 0 Å².